The Morgan fingerprint density at radius 3 is 2.70 bits per heavy atom. The molecular formula is C18H29FN4. The number of hydrogen-bond donors (Lipinski definition) is 2. The molecule has 0 amide bonds. The Morgan fingerprint density at radius 2 is 2.04 bits per heavy atom. The fraction of sp³-hybridized carbons (Fsp3) is 0.611. The molecule has 0 radical (unpaired) electrons. The molecule has 0 bridgehead atoms. The molecule has 2 rings (SSSR count). The lowest BCUT2D eigenvalue weighted by molar-refractivity contribution is 0.195. The summed E-state index contributed by atoms with van der Waals surface area (Å²) in [5.41, 5.74) is 1.59. The van der Waals surface area contributed by atoms with Gasteiger partial charge in [-0.1, -0.05) is 19.1 Å². The van der Waals surface area contributed by atoms with Crippen LogP contribution in [0.1, 0.15) is 30.9 Å². The number of guanidine groups is 1. The minimum Gasteiger partial charge on any atom is -0.355 e. The molecule has 1 aromatic carbocycles. The van der Waals surface area contributed by atoms with Crippen LogP contribution in [-0.2, 0) is 6.54 Å². The van der Waals surface area contributed by atoms with Crippen LogP contribution in [0.15, 0.2) is 23.2 Å². The first-order chi connectivity index (χ1) is 11.1. The molecule has 0 atom stereocenters. The topological polar surface area (TPSA) is 39.7 Å². The minimum atomic E-state index is -0.161. The fourth-order valence-corrected chi connectivity index (χ4v) is 2.77. The van der Waals surface area contributed by atoms with Gasteiger partial charge in [0.1, 0.15) is 5.82 Å². The molecule has 1 heterocycles. The molecule has 1 saturated heterocycles. The lowest BCUT2D eigenvalue weighted by Crippen LogP contribution is -2.43. The number of piperidine rings is 1. The smallest absolute Gasteiger partial charge is 0.191 e. The van der Waals surface area contributed by atoms with Crippen molar-refractivity contribution in [2.45, 2.75) is 33.2 Å². The Bertz CT molecular complexity index is 522. The number of benzene rings is 1. The second kappa shape index (κ2) is 8.87. The summed E-state index contributed by atoms with van der Waals surface area (Å²) in [6.07, 6.45) is 2.60. The number of hydrogen-bond acceptors (Lipinski definition) is 2. The van der Waals surface area contributed by atoms with E-state index in [1.54, 1.807) is 26.1 Å². The van der Waals surface area contributed by atoms with Gasteiger partial charge in [0.15, 0.2) is 5.96 Å². The SMILES string of the molecule is CN=C(NCCN1CCC(C)CC1)NCc1ccc(C)c(F)c1. The predicted octanol–water partition coefficient (Wildman–Crippen LogP) is 2.53. The second-order valence-corrected chi connectivity index (χ2v) is 6.46. The number of likely N-dealkylation sites (tertiary alicyclic amines) is 1. The van der Waals surface area contributed by atoms with Gasteiger partial charge in [-0.3, -0.25) is 4.99 Å². The van der Waals surface area contributed by atoms with Gasteiger partial charge in [0.05, 0.1) is 0 Å². The maximum Gasteiger partial charge on any atom is 0.191 e. The molecule has 5 heteroatoms. The number of nitrogens with zero attached hydrogens (tertiary/aromatic N) is 2. The predicted molar refractivity (Wildman–Crippen MR) is 94.2 cm³/mol. The van der Waals surface area contributed by atoms with Crippen molar-refractivity contribution in [2.24, 2.45) is 10.9 Å². The summed E-state index contributed by atoms with van der Waals surface area (Å²) in [4.78, 5) is 6.72. The van der Waals surface area contributed by atoms with E-state index < -0.39 is 0 Å². The average Bonchev–Trinajstić information content (AvgIpc) is 2.55. The summed E-state index contributed by atoms with van der Waals surface area (Å²) < 4.78 is 13.5. The van der Waals surface area contributed by atoms with Crippen molar-refractivity contribution in [3.8, 4) is 0 Å². The van der Waals surface area contributed by atoms with E-state index in [-0.39, 0.29) is 5.82 Å². The monoisotopic (exact) mass is 320 g/mol. The van der Waals surface area contributed by atoms with Gasteiger partial charge in [-0.25, -0.2) is 4.39 Å². The number of rotatable bonds is 5. The van der Waals surface area contributed by atoms with Crippen LogP contribution in [0.25, 0.3) is 0 Å². The van der Waals surface area contributed by atoms with E-state index in [2.05, 4.69) is 27.4 Å². The van der Waals surface area contributed by atoms with Crippen molar-refractivity contribution >= 4 is 5.96 Å². The lowest BCUT2D eigenvalue weighted by Gasteiger charge is -2.30. The van der Waals surface area contributed by atoms with E-state index in [0.29, 0.717) is 12.1 Å². The van der Waals surface area contributed by atoms with Crippen molar-refractivity contribution in [1.82, 2.24) is 15.5 Å². The molecule has 1 aromatic rings. The normalized spacial score (nSPS) is 17.3. The zero-order chi connectivity index (χ0) is 16.7. The highest BCUT2D eigenvalue weighted by molar-refractivity contribution is 5.79. The van der Waals surface area contributed by atoms with Crippen molar-refractivity contribution in [2.75, 3.05) is 33.2 Å². The molecule has 1 aliphatic heterocycles. The van der Waals surface area contributed by atoms with Gasteiger partial charge < -0.3 is 15.5 Å². The number of aliphatic imine (C=N–C) groups is 1. The van der Waals surface area contributed by atoms with Crippen LogP contribution in [0.4, 0.5) is 4.39 Å². The molecule has 0 saturated carbocycles. The minimum absolute atomic E-state index is 0.161. The Hall–Kier alpha value is -1.62. The molecule has 1 aliphatic rings. The largest absolute Gasteiger partial charge is 0.355 e. The second-order valence-electron chi connectivity index (χ2n) is 6.46. The summed E-state index contributed by atoms with van der Waals surface area (Å²) >= 11 is 0. The van der Waals surface area contributed by atoms with Gasteiger partial charge >= 0.3 is 0 Å². The van der Waals surface area contributed by atoms with Gasteiger partial charge in [0.25, 0.3) is 0 Å². The Kier molecular flexibility index (Phi) is 6.84. The quantitative estimate of drug-likeness (QED) is 0.647. The van der Waals surface area contributed by atoms with Gasteiger partial charge in [0, 0.05) is 26.7 Å². The number of halogens is 1. The van der Waals surface area contributed by atoms with Crippen LogP contribution >= 0.6 is 0 Å². The van der Waals surface area contributed by atoms with E-state index in [9.17, 15) is 4.39 Å². The third-order valence-corrected chi connectivity index (χ3v) is 4.52. The number of nitrogens with one attached hydrogen (secondary N) is 2. The van der Waals surface area contributed by atoms with Crippen LogP contribution in [0.2, 0.25) is 0 Å². The van der Waals surface area contributed by atoms with Crippen molar-refractivity contribution in [3.63, 3.8) is 0 Å². The first-order valence-electron chi connectivity index (χ1n) is 8.50. The standard InChI is InChI=1S/C18H29FN4/c1-14-6-9-23(10-7-14)11-8-21-18(20-3)22-13-16-5-4-15(2)17(19)12-16/h4-5,12,14H,6-11,13H2,1-3H3,(H2,20,21,22). The molecule has 0 unspecified atom stereocenters. The summed E-state index contributed by atoms with van der Waals surface area (Å²) in [6.45, 7) is 8.96. The van der Waals surface area contributed by atoms with E-state index in [4.69, 9.17) is 0 Å². The maximum absolute atomic E-state index is 13.5. The van der Waals surface area contributed by atoms with Gasteiger partial charge in [0.2, 0.25) is 0 Å². The zero-order valence-electron chi connectivity index (χ0n) is 14.5. The molecule has 4 nitrogen and oxygen atoms in total. The van der Waals surface area contributed by atoms with Gasteiger partial charge in [-0.05, 0) is 56.0 Å². The third-order valence-electron chi connectivity index (χ3n) is 4.52. The Balaban J connectivity index is 1.70. The highest BCUT2D eigenvalue weighted by Gasteiger charge is 2.14. The van der Waals surface area contributed by atoms with Gasteiger partial charge in [-0.15, -0.1) is 0 Å². The molecule has 2 N–H and O–H groups in total. The van der Waals surface area contributed by atoms with Crippen molar-refractivity contribution in [3.05, 3.63) is 35.1 Å². The number of aryl methyl sites for hydroxylation is 1. The lowest BCUT2D eigenvalue weighted by atomic mass is 9.99. The summed E-state index contributed by atoms with van der Waals surface area (Å²) in [7, 11) is 1.76. The summed E-state index contributed by atoms with van der Waals surface area (Å²) in [6, 6.07) is 5.32. The maximum atomic E-state index is 13.5. The Labute approximate surface area is 139 Å². The Morgan fingerprint density at radius 1 is 1.30 bits per heavy atom. The van der Waals surface area contributed by atoms with Crippen molar-refractivity contribution < 1.29 is 4.39 Å². The van der Waals surface area contributed by atoms with E-state index in [1.807, 2.05) is 6.07 Å². The van der Waals surface area contributed by atoms with Crippen molar-refractivity contribution in [1.29, 1.82) is 0 Å². The van der Waals surface area contributed by atoms with Gasteiger partial charge in [-0.2, -0.15) is 0 Å². The van der Waals surface area contributed by atoms with E-state index in [0.717, 1.165) is 30.5 Å². The molecule has 0 spiro atoms. The molecule has 1 fully saturated rings. The summed E-state index contributed by atoms with van der Waals surface area (Å²) in [5, 5.41) is 6.56. The first-order valence-corrected chi connectivity index (χ1v) is 8.50. The zero-order valence-corrected chi connectivity index (χ0v) is 14.5. The van der Waals surface area contributed by atoms with Crippen LogP contribution in [-0.4, -0.2) is 44.1 Å². The molecule has 0 aromatic heterocycles. The molecule has 23 heavy (non-hydrogen) atoms. The highest BCUT2D eigenvalue weighted by Crippen LogP contribution is 2.15. The average molecular weight is 320 g/mol. The third kappa shape index (κ3) is 5.82. The van der Waals surface area contributed by atoms with Crippen LogP contribution in [0, 0.1) is 18.7 Å². The van der Waals surface area contributed by atoms with Crippen LogP contribution in [0.3, 0.4) is 0 Å². The fourth-order valence-electron chi connectivity index (χ4n) is 2.77. The van der Waals surface area contributed by atoms with Crippen LogP contribution in [0.5, 0.6) is 0 Å². The molecule has 0 aliphatic carbocycles. The summed E-state index contributed by atoms with van der Waals surface area (Å²) in [5.74, 6) is 1.46. The van der Waals surface area contributed by atoms with Crippen LogP contribution < -0.4 is 10.6 Å². The van der Waals surface area contributed by atoms with E-state index in [1.165, 1.54) is 25.9 Å². The molecular weight excluding hydrogens is 291 g/mol. The van der Waals surface area contributed by atoms with E-state index >= 15 is 0 Å². The first kappa shape index (κ1) is 17.7. The highest BCUT2D eigenvalue weighted by atomic mass is 19.1. The molecule has 128 valence electrons.